The number of aromatic nitrogens is 1. The summed E-state index contributed by atoms with van der Waals surface area (Å²) < 4.78 is 5.26. The lowest BCUT2D eigenvalue weighted by Gasteiger charge is -2.17. The molecule has 102 valence electrons. The van der Waals surface area contributed by atoms with Crippen LogP contribution in [-0.2, 0) is 4.79 Å². The maximum Gasteiger partial charge on any atom is 0.231 e. The van der Waals surface area contributed by atoms with E-state index in [4.69, 9.17) is 4.52 Å². The summed E-state index contributed by atoms with van der Waals surface area (Å²) in [6.45, 7) is 5.58. The predicted octanol–water partition coefficient (Wildman–Crippen LogP) is 2.88. The van der Waals surface area contributed by atoms with Crippen molar-refractivity contribution < 1.29 is 9.32 Å². The fourth-order valence-corrected chi connectivity index (χ4v) is 1.73. The lowest BCUT2D eigenvalue weighted by atomic mass is 9.96. The quantitative estimate of drug-likeness (QED) is 0.903. The molecule has 0 radical (unpaired) electrons. The third-order valence-corrected chi connectivity index (χ3v) is 2.87. The van der Waals surface area contributed by atoms with Gasteiger partial charge < -0.3 is 14.7 Å². The Morgan fingerprint density at radius 1 is 1.32 bits per heavy atom. The van der Waals surface area contributed by atoms with Gasteiger partial charge in [-0.15, -0.1) is 0 Å². The highest BCUT2D eigenvalue weighted by molar-refractivity contribution is 6.05. The third kappa shape index (κ3) is 2.54. The van der Waals surface area contributed by atoms with Gasteiger partial charge in [0.25, 0.3) is 0 Å². The average Bonchev–Trinajstić information content (AvgIpc) is 2.71. The lowest BCUT2D eigenvalue weighted by molar-refractivity contribution is -0.123. The number of nitrogens with zero attached hydrogens (tertiary/aromatic N) is 2. The van der Waals surface area contributed by atoms with Crippen molar-refractivity contribution in [3.63, 3.8) is 0 Å². The Kier molecular flexibility index (Phi) is 3.22. The number of hydrogen-bond donors (Lipinski definition) is 1. The zero-order chi connectivity index (χ0) is 14.2. The second-order valence-electron chi connectivity index (χ2n) is 5.78. The van der Waals surface area contributed by atoms with Crippen molar-refractivity contribution in [2.75, 3.05) is 24.3 Å². The van der Waals surface area contributed by atoms with Gasteiger partial charge in [0, 0.05) is 19.5 Å². The van der Waals surface area contributed by atoms with Crippen LogP contribution < -0.4 is 10.2 Å². The highest BCUT2D eigenvalue weighted by atomic mass is 16.5. The first-order valence-corrected chi connectivity index (χ1v) is 6.18. The highest BCUT2D eigenvalue weighted by Gasteiger charge is 2.24. The van der Waals surface area contributed by atoms with E-state index in [0.29, 0.717) is 11.4 Å². The first-order valence-electron chi connectivity index (χ1n) is 6.18. The summed E-state index contributed by atoms with van der Waals surface area (Å²) in [6, 6.07) is 5.70. The molecule has 2 aromatic rings. The molecule has 0 fully saturated rings. The number of carbonyl (C=O) groups is 1. The molecule has 0 saturated heterocycles. The van der Waals surface area contributed by atoms with Crippen molar-refractivity contribution in [1.82, 2.24) is 5.16 Å². The van der Waals surface area contributed by atoms with Crippen LogP contribution in [0.15, 0.2) is 22.7 Å². The zero-order valence-electron chi connectivity index (χ0n) is 11.9. The molecule has 0 bridgehead atoms. The molecule has 0 spiro atoms. The Balaban J connectivity index is 2.48. The third-order valence-electron chi connectivity index (χ3n) is 2.87. The second-order valence-corrected chi connectivity index (χ2v) is 5.78. The first-order chi connectivity index (χ1) is 8.80. The summed E-state index contributed by atoms with van der Waals surface area (Å²) in [5, 5.41) is 7.61. The van der Waals surface area contributed by atoms with Crippen molar-refractivity contribution in [1.29, 1.82) is 0 Å². The standard InChI is InChI=1S/C14H19N3O2/c1-14(2,3)13(18)15-12-11-9(17(4)5)7-6-8-10(11)19-16-12/h6-8H,1-5H3,(H,15,16,18). The van der Waals surface area contributed by atoms with Crippen LogP contribution in [0, 0.1) is 5.41 Å². The van der Waals surface area contributed by atoms with Crippen LogP contribution in [-0.4, -0.2) is 25.2 Å². The molecule has 5 heteroatoms. The number of anilines is 2. The normalized spacial score (nSPS) is 11.6. The maximum absolute atomic E-state index is 12.1. The van der Waals surface area contributed by atoms with Gasteiger partial charge in [-0.3, -0.25) is 4.79 Å². The Labute approximate surface area is 112 Å². The van der Waals surface area contributed by atoms with Crippen molar-refractivity contribution in [2.45, 2.75) is 20.8 Å². The van der Waals surface area contributed by atoms with Gasteiger partial charge in [-0.05, 0) is 12.1 Å². The van der Waals surface area contributed by atoms with Crippen LogP contribution in [0.2, 0.25) is 0 Å². The van der Waals surface area contributed by atoms with E-state index in [1.165, 1.54) is 0 Å². The van der Waals surface area contributed by atoms with E-state index in [0.717, 1.165) is 11.1 Å². The van der Waals surface area contributed by atoms with E-state index in [1.807, 2.05) is 58.0 Å². The molecule has 1 aromatic carbocycles. The van der Waals surface area contributed by atoms with Crippen molar-refractivity contribution in [2.24, 2.45) is 5.41 Å². The van der Waals surface area contributed by atoms with Crippen LogP contribution in [0.5, 0.6) is 0 Å². The van der Waals surface area contributed by atoms with Crippen molar-refractivity contribution in [3.05, 3.63) is 18.2 Å². The average molecular weight is 261 g/mol. The number of hydrogen-bond acceptors (Lipinski definition) is 4. The summed E-state index contributed by atoms with van der Waals surface area (Å²) in [4.78, 5) is 14.0. The Morgan fingerprint density at radius 3 is 2.58 bits per heavy atom. The van der Waals surface area contributed by atoms with E-state index >= 15 is 0 Å². The van der Waals surface area contributed by atoms with Gasteiger partial charge in [-0.25, -0.2) is 0 Å². The maximum atomic E-state index is 12.1. The molecule has 1 amide bonds. The lowest BCUT2D eigenvalue weighted by Crippen LogP contribution is -2.27. The summed E-state index contributed by atoms with van der Waals surface area (Å²) in [5.41, 5.74) is 1.15. The molecule has 1 heterocycles. The van der Waals surface area contributed by atoms with Crippen LogP contribution in [0.1, 0.15) is 20.8 Å². The van der Waals surface area contributed by atoms with E-state index < -0.39 is 5.41 Å². The van der Waals surface area contributed by atoms with Crippen LogP contribution in [0.3, 0.4) is 0 Å². The molecule has 0 aliphatic heterocycles. The van der Waals surface area contributed by atoms with Crippen LogP contribution >= 0.6 is 0 Å². The Hall–Kier alpha value is -2.04. The molecule has 1 aromatic heterocycles. The summed E-state index contributed by atoms with van der Waals surface area (Å²) in [5.74, 6) is 0.385. The molecule has 19 heavy (non-hydrogen) atoms. The van der Waals surface area contributed by atoms with Crippen LogP contribution in [0.4, 0.5) is 11.5 Å². The molecule has 0 aliphatic carbocycles. The SMILES string of the molecule is CN(C)c1cccc2onc(NC(=O)C(C)(C)C)c12. The van der Waals surface area contributed by atoms with Crippen molar-refractivity contribution in [3.8, 4) is 0 Å². The molecule has 5 nitrogen and oxygen atoms in total. The molecule has 0 aliphatic rings. The fourth-order valence-electron chi connectivity index (χ4n) is 1.73. The molecular formula is C14H19N3O2. The van der Waals surface area contributed by atoms with Gasteiger partial charge in [0.1, 0.15) is 0 Å². The van der Waals surface area contributed by atoms with Gasteiger partial charge in [-0.1, -0.05) is 32.0 Å². The summed E-state index contributed by atoms with van der Waals surface area (Å²) in [6.07, 6.45) is 0. The van der Waals surface area contributed by atoms with Gasteiger partial charge in [0.2, 0.25) is 5.91 Å². The number of amides is 1. The summed E-state index contributed by atoms with van der Waals surface area (Å²) >= 11 is 0. The number of benzene rings is 1. The number of rotatable bonds is 2. The van der Waals surface area contributed by atoms with E-state index in [1.54, 1.807) is 0 Å². The van der Waals surface area contributed by atoms with Gasteiger partial charge in [-0.2, -0.15) is 0 Å². The predicted molar refractivity (Wildman–Crippen MR) is 76.4 cm³/mol. The fraction of sp³-hybridized carbons (Fsp3) is 0.429. The molecule has 0 unspecified atom stereocenters. The van der Waals surface area contributed by atoms with Crippen molar-refractivity contribution >= 4 is 28.4 Å². The minimum absolute atomic E-state index is 0.0868. The smallest absolute Gasteiger partial charge is 0.231 e. The van der Waals surface area contributed by atoms with E-state index in [2.05, 4.69) is 10.5 Å². The van der Waals surface area contributed by atoms with Crippen LogP contribution in [0.25, 0.3) is 11.0 Å². The topological polar surface area (TPSA) is 58.4 Å². The Morgan fingerprint density at radius 2 is 2.00 bits per heavy atom. The van der Waals surface area contributed by atoms with E-state index in [-0.39, 0.29) is 5.91 Å². The Bertz CT molecular complexity index is 609. The number of carbonyl (C=O) groups excluding carboxylic acids is 1. The number of fused-ring (bicyclic) bond motifs is 1. The van der Waals surface area contributed by atoms with Gasteiger partial charge in [0.15, 0.2) is 11.4 Å². The summed E-state index contributed by atoms with van der Waals surface area (Å²) in [7, 11) is 3.88. The van der Waals surface area contributed by atoms with Gasteiger partial charge >= 0.3 is 0 Å². The zero-order valence-corrected chi connectivity index (χ0v) is 11.9. The second kappa shape index (κ2) is 4.57. The molecule has 0 saturated carbocycles. The molecule has 0 atom stereocenters. The van der Waals surface area contributed by atoms with Gasteiger partial charge in [0.05, 0.1) is 11.1 Å². The minimum atomic E-state index is -0.474. The monoisotopic (exact) mass is 261 g/mol. The minimum Gasteiger partial charge on any atom is -0.377 e. The molecule has 2 rings (SSSR count). The molecular weight excluding hydrogens is 242 g/mol. The molecule has 1 N–H and O–H groups in total. The number of nitrogens with one attached hydrogen (secondary N) is 1. The first kappa shape index (κ1) is 13.4. The largest absolute Gasteiger partial charge is 0.377 e. The van der Waals surface area contributed by atoms with E-state index in [9.17, 15) is 4.79 Å². The highest BCUT2D eigenvalue weighted by Crippen LogP contribution is 2.32.